The molecule has 1 aromatic rings. The molecule has 0 saturated carbocycles. The number of aliphatic hydroxyl groups is 1. The van der Waals surface area contributed by atoms with Crippen molar-refractivity contribution < 1.29 is 29.0 Å². The maximum Gasteiger partial charge on any atom is 0.311 e. The molecule has 9 heteroatoms. The van der Waals surface area contributed by atoms with Crippen LogP contribution in [-0.4, -0.2) is 77.2 Å². The molecule has 0 aromatic heterocycles. The summed E-state index contributed by atoms with van der Waals surface area (Å²) in [5, 5.41) is 9.50. The van der Waals surface area contributed by atoms with Gasteiger partial charge in [-0.25, -0.2) is 0 Å². The van der Waals surface area contributed by atoms with Gasteiger partial charge in [-0.05, 0) is 43.5 Å². The second kappa shape index (κ2) is 9.70. The lowest BCUT2D eigenvalue weighted by Crippen LogP contribution is -2.53. The van der Waals surface area contributed by atoms with Crippen LogP contribution in [0.2, 0.25) is 0 Å². The van der Waals surface area contributed by atoms with E-state index in [2.05, 4.69) is 6.08 Å². The Balaban J connectivity index is 1.58. The Labute approximate surface area is 208 Å². The third-order valence-electron chi connectivity index (χ3n) is 7.33. The van der Waals surface area contributed by atoms with E-state index in [9.17, 15) is 19.5 Å². The molecule has 8 nitrogen and oxygen atoms in total. The van der Waals surface area contributed by atoms with Gasteiger partial charge in [0.05, 0.1) is 36.9 Å². The molecule has 4 heterocycles. The molecule has 4 aliphatic rings. The third-order valence-corrected chi connectivity index (χ3v) is 9.07. The van der Waals surface area contributed by atoms with Crippen molar-refractivity contribution in [3.8, 4) is 5.75 Å². The number of β-amino-alcohol motifs (C(OH)–C–C–N with tert-alkyl or cyclic N) is 1. The molecular weight excluding hydrogens is 468 g/mol. The molecule has 186 valence electrons. The summed E-state index contributed by atoms with van der Waals surface area (Å²) in [6, 6.07) is 6.38. The number of amides is 2. The van der Waals surface area contributed by atoms with E-state index in [-0.39, 0.29) is 36.2 Å². The number of fused-ring (bicyclic) bond motifs is 2. The number of anilines is 1. The molecule has 0 aliphatic carbocycles. The van der Waals surface area contributed by atoms with E-state index in [0.717, 1.165) is 19.3 Å². The van der Waals surface area contributed by atoms with Gasteiger partial charge in [-0.15, -0.1) is 11.8 Å². The van der Waals surface area contributed by atoms with Crippen LogP contribution < -0.4 is 9.64 Å². The topological polar surface area (TPSA) is 96.4 Å². The normalized spacial score (nSPS) is 33.5. The van der Waals surface area contributed by atoms with Crippen LogP contribution in [0.3, 0.4) is 0 Å². The number of hydrogen-bond acceptors (Lipinski definition) is 7. The van der Waals surface area contributed by atoms with Crippen LogP contribution in [0, 0.1) is 11.8 Å². The van der Waals surface area contributed by atoms with Gasteiger partial charge >= 0.3 is 5.97 Å². The van der Waals surface area contributed by atoms with E-state index in [1.807, 2.05) is 30.4 Å². The van der Waals surface area contributed by atoms with Gasteiger partial charge in [-0.2, -0.15) is 0 Å². The van der Waals surface area contributed by atoms with Crippen LogP contribution in [0.5, 0.6) is 5.75 Å². The maximum absolute atomic E-state index is 14.1. The first-order valence-corrected chi connectivity index (χ1v) is 13.0. The molecule has 1 spiro atoms. The fourth-order valence-corrected chi connectivity index (χ4v) is 7.76. The van der Waals surface area contributed by atoms with E-state index in [0.29, 0.717) is 24.6 Å². The molecule has 35 heavy (non-hydrogen) atoms. The number of allylic oxidation sites excluding steroid dienone is 1. The van der Waals surface area contributed by atoms with Crippen molar-refractivity contribution in [2.45, 2.75) is 35.3 Å². The number of carbonyl (C=O) groups is 3. The highest BCUT2D eigenvalue weighted by Gasteiger charge is 2.70. The lowest BCUT2D eigenvalue weighted by molar-refractivity contribution is -0.153. The highest BCUT2D eigenvalue weighted by Crippen LogP contribution is 2.60. The van der Waals surface area contributed by atoms with Gasteiger partial charge in [0.25, 0.3) is 5.91 Å². The molecule has 1 unspecified atom stereocenters. The number of thioether (sulfide) groups is 1. The van der Waals surface area contributed by atoms with Crippen molar-refractivity contribution in [2.75, 3.05) is 38.3 Å². The van der Waals surface area contributed by atoms with E-state index in [1.165, 1.54) is 16.7 Å². The Morgan fingerprint density at radius 2 is 1.94 bits per heavy atom. The number of esters is 1. The summed E-state index contributed by atoms with van der Waals surface area (Å²) in [4.78, 5) is 44.3. The Morgan fingerprint density at radius 1 is 1.14 bits per heavy atom. The molecule has 4 aliphatic heterocycles. The average Bonchev–Trinajstić information content (AvgIpc) is 3.24. The van der Waals surface area contributed by atoms with Gasteiger partial charge in [0.2, 0.25) is 5.91 Å². The maximum atomic E-state index is 14.1. The minimum absolute atomic E-state index is 0.0284. The number of likely N-dealkylation sites (tertiary alicyclic amines) is 1. The molecular formula is C26H30N2O6S. The molecule has 2 fully saturated rings. The minimum atomic E-state index is -0.919. The number of nitrogens with zero attached hydrogens (tertiary/aromatic N) is 2. The zero-order valence-electron chi connectivity index (χ0n) is 19.7. The number of methoxy groups -OCH3 is 1. The Bertz CT molecular complexity index is 1060. The van der Waals surface area contributed by atoms with E-state index < -0.39 is 22.6 Å². The molecule has 0 bridgehead atoms. The van der Waals surface area contributed by atoms with Crippen molar-refractivity contribution in [1.29, 1.82) is 0 Å². The van der Waals surface area contributed by atoms with Crippen LogP contribution in [0.1, 0.15) is 19.3 Å². The second-order valence-corrected chi connectivity index (χ2v) is 10.7. The molecule has 2 saturated heterocycles. The standard InChI is InChI=1S/C26H30N2O6S/c1-33-18-10-8-17(9-11-18)27-13-6-12-26-21(23(30)28(14-15-29)22(26)24(27)31)20-19(35-26)7-4-2-3-5-16-34-25(20)32/h4,6-12,19-22,29H,2-3,5,13-16H2,1H3/b7-4-/t19-,20+,21-,22?,26-/m0/s1. The molecule has 5 rings (SSSR count). The zero-order valence-corrected chi connectivity index (χ0v) is 20.5. The molecule has 0 radical (unpaired) electrons. The third kappa shape index (κ3) is 3.94. The fourth-order valence-electron chi connectivity index (χ4n) is 5.76. The highest BCUT2D eigenvalue weighted by molar-refractivity contribution is 8.02. The van der Waals surface area contributed by atoms with E-state index in [4.69, 9.17) is 9.47 Å². The van der Waals surface area contributed by atoms with Gasteiger partial charge < -0.3 is 24.4 Å². The van der Waals surface area contributed by atoms with Crippen molar-refractivity contribution in [3.63, 3.8) is 0 Å². The summed E-state index contributed by atoms with van der Waals surface area (Å²) in [6.45, 7) is 0.431. The molecule has 1 aromatic carbocycles. The van der Waals surface area contributed by atoms with Gasteiger partial charge in [0, 0.05) is 24.0 Å². The first kappa shape index (κ1) is 23.9. The van der Waals surface area contributed by atoms with Crippen molar-refractivity contribution >= 4 is 35.2 Å². The zero-order chi connectivity index (χ0) is 24.6. The number of ether oxygens (including phenoxy) is 2. The molecule has 2 amide bonds. The largest absolute Gasteiger partial charge is 0.497 e. The van der Waals surface area contributed by atoms with Crippen LogP contribution >= 0.6 is 11.8 Å². The smallest absolute Gasteiger partial charge is 0.311 e. The van der Waals surface area contributed by atoms with Crippen LogP contribution in [0.4, 0.5) is 5.69 Å². The fraction of sp³-hybridized carbons (Fsp3) is 0.500. The Kier molecular flexibility index (Phi) is 6.63. The van der Waals surface area contributed by atoms with Gasteiger partial charge in [0.15, 0.2) is 0 Å². The van der Waals surface area contributed by atoms with Crippen LogP contribution in [0.15, 0.2) is 48.6 Å². The van der Waals surface area contributed by atoms with Crippen LogP contribution in [0.25, 0.3) is 0 Å². The summed E-state index contributed by atoms with van der Waals surface area (Å²) < 4.78 is 9.92. The Hall–Kier alpha value is -2.78. The van der Waals surface area contributed by atoms with Gasteiger partial charge in [-0.3, -0.25) is 14.4 Å². The number of carbonyl (C=O) groups excluding carboxylic acids is 3. The van der Waals surface area contributed by atoms with Crippen LogP contribution in [-0.2, 0) is 19.1 Å². The lowest BCUT2D eigenvalue weighted by atomic mass is 9.78. The van der Waals surface area contributed by atoms with Crippen molar-refractivity contribution in [1.82, 2.24) is 4.90 Å². The van der Waals surface area contributed by atoms with Gasteiger partial charge in [-0.1, -0.05) is 24.3 Å². The average molecular weight is 499 g/mol. The number of hydrogen-bond donors (Lipinski definition) is 1. The minimum Gasteiger partial charge on any atom is -0.497 e. The predicted molar refractivity (Wildman–Crippen MR) is 132 cm³/mol. The van der Waals surface area contributed by atoms with Crippen molar-refractivity contribution in [2.24, 2.45) is 11.8 Å². The number of benzene rings is 1. The molecule has 5 atom stereocenters. The predicted octanol–water partition coefficient (Wildman–Crippen LogP) is 2.17. The first-order chi connectivity index (χ1) is 17.0. The summed E-state index contributed by atoms with van der Waals surface area (Å²) in [5.74, 6) is -1.62. The summed E-state index contributed by atoms with van der Waals surface area (Å²) in [6.07, 6.45) is 10.6. The highest BCUT2D eigenvalue weighted by atomic mass is 32.2. The SMILES string of the molecule is COc1ccc(N2CC=C[C@]34S[C@H]5/C=C\CCCCOC(=O)[C@H]5[C@H]3C(=O)N(CCO)C4C2=O)cc1. The monoisotopic (exact) mass is 498 g/mol. The summed E-state index contributed by atoms with van der Waals surface area (Å²) in [7, 11) is 1.58. The summed E-state index contributed by atoms with van der Waals surface area (Å²) >= 11 is 1.51. The number of cyclic esters (lactones) is 1. The Morgan fingerprint density at radius 3 is 2.69 bits per heavy atom. The number of rotatable bonds is 4. The quantitative estimate of drug-likeness (QED) is 0.502. The van der Waals surface area contributed by atoms with E-state index >= 15 is 0 Å². The van der Waals surface area contributed by atoms with Crippen molar-refractivity contribution in [3.05, 3.63) is 48.6 Å². The lowest BCUT2D eigenvalue weighted by Gasteiger charge is -2.35. The first-order valence-electron chi connectivity index (χ1n) is 12.1. The second-order valence-electron chi connectivity index (χ2n) is 9.24. The van der Waals surface area contributed by atoms with Gasteiger partial charge in [0.1, 0.15) is 11.8 Å². The van der Waals surface area contributed by atoms with E-state index in [1.54, 1.807) is 24.1 Å². The number of aliphatic hydroxyl groups excluding tert-OH is 1. The molecule has 1 N–H and O–H groups in total. The summed E-state index contributed by atoms with van der Waals surface area (Å²) in [5.41, 5.74) is 0.693.